The van der Waals surface area contributed by atoms with Crippen molar-refractivity contribution in [1.29, 1.82) is 0 Å². The zero-order valence-corrected chi connectivity index (χ0v) is 15.7. The molecule has 2 amide bonds. The highest BCUT2D eigenvalue weighted by Crippen LogP contribution is 2.12. The molecule has 0 aliphatic carbocycles. The summed E-state index contributed by atoms with van der Waals surface area (Å²) in [6.45, 7) is 6.42. The lowest BCUT2D eigenvalue weighted by Gasteiger charge is -2.07. The van der Waals surface area contributed by atoms with Crippen LogP contribution in [0.25, 0.3) is 0 Å². The summed E-state index contributed by atoms with van der Waals surface area (Å²) in [6, 6.07) is 9.17. The van der Waals surface area contributed by atoms with E-state index in [4.69, 9.17) is 4.52 Å². The summed E-state index contributed by atoms with van der Waals surface area (Å²) in [7, 11) is 0. The van der Waals surface area contributed by atoms with Crippen LogP contribution in [0.5, 0.6) is 0 Å². The van der Waals surface area contributed by atoms with Crippen LogP contribution in [0.2, 0.25) is 0 Å². The number of benzene rings is 1. The third-order valence-electron chi connectivity index (χ3n) is 3.86. The first-order valence-corrected chi connectivity index (χ1v) is 8.94. The Kier molecular flexibility index (Phi) is 5.85. The Morgan fingerprint density at radius 2 is 2.04 bits per heavy atom. The van der Waals surface area contributed by atoms with Crippen molar-refractivity contribution >= 4 is 11.7 Å². The number of urea groups is 1. The quantitative estimate of drug-likeness (QED) is 0.593. The number of nitrogens with one attached hydrogen (secondary N) is 3. The van der Waals surface area contributed by atoms with Gasteiger partial charge in [-0.3, -0.25) is 5.10 Å². The number of aromatic nitrogens is 4. The second-order valence-corrected chi connectivity index (χ2v) is 6.90. The lowest BCUT2D eigenvalue weighted by Crippen LogP contribution is -2.28. The molecule has 2 heterocycles. The zero-order valence-electron chi connectivity index (χ0n) is 15.7. The van der Waals surface area contributed by atoms with Crippen LogP contribution >= 0.6 is 0 Å². The minimum atomic E-state index is -0.291. The molecule has 0 spiro atoms. The first-order chi connectivity index (χ1) is 13.0. The highest BCUT2D eigenvalue weighted by atomic mass is 16.5. The fourth-order valence-electron chi connectivity index (χ4n) is 2.64. The molecular weight excluding hydrogens is 344 g/mol. The van der Waals surface area contributed by atoms with Gasteiger partial charge in [-0.05, 0) is 30.5 Å². The predicted octanol–water partition coefficient (Wildman–Crippen LogP) is 3.21. The maximum atomic E-state index is 12.0. The highest BCUT2D eigenvalue weighted by Gasteiger charge is 2.08. The third-order valence-corrected chi connectivity index (χ3v) is 3.86. The van der Waals surface area contributed by atoms with E-state index < -0.39 is 0 Å². The first kappa shape index (κ1) is 18.6. The Hall–Kier alpha value is -3.16. The zero-order chi connectivity index (χ0) is 19.2. The van der Waals surface area contributed by atoms with Crippen molar-refractivity contribution in [2.24, 2.45) is 5.92 Å². The molecule has 3 rings (SSSR count). The second kappa shape index (κ2) is 8.48. The van der Waals surface area contributed by atoms with Gasteiger partial charge in [0.15, 0.2) is 5.82 Å². The topological polar surface area (TPSA) is 109 Å². The molecule has 0 bridgehead atoms. The summed E-state index contributed by atoms with van der Waals surface area (Å²) < 4.78 is 5.26. The third kappa shape index (κ3) is 5.67. The number of carbonyl (C=O) groups is 1. The van der Waals surface area contributed by atoms with Crippen LogP contribution in [-0.4, -0.2) is 26.4 Å². The van der Waals surface area contributed by atoms with E-state index in [1.54, 1.807) is 0 Å². The van der Waals surface area contributed by atoms with Crippen LogP contribution in [0.3, 0.4) is 0 Å². The number of rotatable bonds is 7. The molecule has 0 saturated carbocycles. The average Bonchev–Trinajstić information content (AvgIpc) is 3.23. The van der Waals surface area contributed by atoms with E-state index in [2.05, 4.69) is 44.8 Å². The number of aryl methyl sites for hydroxylation is 1. The van der Waals surface area contributed by atoms with E-state index >= 15 is 0 Å². The molecule has 3 aromatic rings. The molecule has 8 nitrogen and oxygen atoms in total. The highest BCUT2D eigenvalue weighted by molar-refractivity contribution is 5.89. The number of anilines is 1. The van der Waals surface area contributed by atoms with Gasteiger partial charge in [-0.2, -0.15) is 5.10 Å². The Bertz CT molecular complexity index is 882. The van der Waals surface area contributed by atoms with Gasteiger partial charge >= 0.3 is 6.03 Å². The van der Waals surface area contributed by atoms with Crippen molar-refractivity contribution in [2.75, 3.05) is 5.32 Å². The Labute approximate surface area is 157 Å². The normalized spacial score (nSPS) is 11.0. The molecular formula is C19H24N6O2. The lowest BCUT2D eigenvalue weighted by atomic mass is 10.1. The van der Waals surface area contributed by atoms with Gasteiger partial charge in [0.1, 0.15) is 17.3 Å². The van der Waals surface area contributed by atoms with E-state index in [9.17, 15) is 4.79 Å². The molecule has 142 valence electrons. The van der Waals surface area contributed by atoms with Gasteiger partial charge < -0.3 is 15.2 Å². The van der Waals surface area contributed by atoms with Crippen LogP contribution in [0.4, 0.5) is 10.5 Å². The van der Waals surface area contributed by atoms with Gasteiger partial charge in [0.05, 0.1) is 6.54 Å². The van der Waals surface area contributed by atoms with Crippen molar-refractivity contribution in [3.63, 3.8) is 0 Å². The van der Waals surface area contributed by atoms with Gasteiger partial charge in [-0.15, -0.1) is 0 Å². The maximum absolute atomic E-state index is 12.0. The number of aromatic amines is 1. The van der Waals surface area contributed by atoms with Gasteiger partial charge in [0.2, 0.25) is 0 Å². The van der Waals surface area contributed by atoms with Crippen molar-refractivity contribution < 1.29 is 9.32 Å². The number of nitrogens with zero attached hydrogens (tertiary/aromatic N) is 3. The largest absolute Gasteiger partial charge is 0.361 e. The Balaban J connectivity index is 1.47. The summed E-state index contributed by atoms with van der Waals surface area (Å²) in [6.07, 6.45) is 1.47. The Morgan fingerprint density at radius 1 is 1.26 bits per heavy atom. The number of carbonyl (C=O) groups excluding carboxylic acids is 1. The number of amides is 2. The van der Waals surface area contributed by atoms with Crippen molar-refractivity contribution in [3.05, 3.63) is 59.0 Å². The molecule has 0 fully saturated rings. The van der Waals surface area contributed by atoms with E-state index in [1.165, 1.54) is 0 Å². The summed E-state index contributed by atoms with van der Waals surface area (Å²) in [5.41, 5.74) is 2.49. The van der Waals surface area contributed by atoms with E-state index in [0.29, 0.717) is 30.3 Å². The molecule has 0 saturated heterocycles. The summed E-state index contributed by atoms with van der Waals surface area (Å²) >= 11 is 0. The fourth-order valence-corrected chi connectivity index (χ4v) is 2.64. The molecule has 0 aliphatic heterocycles. The number of hydrogen-bond acceptors (Lipinski definition) is 5. The fraction of sp³-hybridized carbons (Fsp3) is 0.368. The second-order valence-electron chi connectivity index (χ2n) is 6.90. The van der Waals surface area contributed by atoms with E-state index in [1.807, 2.05) is 37.3 Å². The molecule has 8 heteroatoms. The Morgan fingerprint density at radius 3 is 2.70 bits per heavy atom. The average molecular weight is 368 g/mol. The van der Waals surface area contributed by atoms with Crippen LogP contribution in [-0.2, 0) is 19.4 Å². The van der Waals surface area contributed by atoms with Gasteiger partial charge in [0.25, 0.3) is 0 Å². The molecule has 2 aromatic heterocycles. The monoisotopic (exact) mass is 368 g/mol. The molecule has 27 heavy (non-hydrogen) atoms. The number of H-pyrrole nitrogens is 1. The SMILES string of the molecule is Cc1nc(Cc2ccc(NC(=O)NCc3cc(CC(C)C)on3)cc2)n[nH]1. The molecule has 3 N–H and O–H groups in total. The van der Waals surface area contributed by atoms with Crippen LogP contribution in [0.15, 0.2) is 34.9 Å². The summed E-state index contributed by atoms with van der Waals surface area (Å²) in [4.78, 5) is 16.3. The van der Waals surface area contributed by atoms with Gasteiger partial charge in [0, 0.05) is 24.6 Å². The number of hydrogen-bond donors (Lipinski definition) is 3. The predicted molar refractivity (Wildman–Crippen MR) is 101 cm³/mol. The van der Waals surface area contributed by atoms with E-state index in [0.717, 1.165) is 29.4 Å². The van der Waals surface area contributed by atoms with Crippen LogP contribution in [0, 0.1) is 12.8 Å². The minimum absolute atomic E-state index is 0.291. The molecule has 0 radical (unpaired) electrons. The molecule has 0 aliphatic rings. The lowest BCUT2D eigenvalue weighted by molar-refractivity contribution is 0.251. The summed E-state index contributed by atoms with van der Waals surface area (Å²) in [5, 5.41) is 16.5. The van der Waals surface area contributed by atoms with E-state index in [-0.39, 0.29) is 6.03 Å². The summed E-state index contributed by atoms with van der Waals surface area (Å²) in [5.74, 6) is 2.87. The van der Waals surface area contributed by atoms with Crippen LogP contribution in [0.1, 0.15) is 42.5 Å². The van der Waals surface area contributed by atoms with Gasteiger partial charge in [-0.25, -0.2) is 9.78 Å². The molecule has 1 aromatic carbocycles. The minimum Gasteiger partial charge on any atom is -0.361 e. The first-order valence-electron chi connectivity index (χ1n) is 8.94. The molecule has 0 unspecified atom stereocenters. The standard InChI is InChI=1S/C19H24N6O2/c1-12(2)8-17-10-16(25-27-17)11-20-19(26)22-15-6-4-14(5-7-15)9-18-21-13(3)23-24-18/h4-7,10,12H,8-9,11H2,1-3H3,(H2,20,22,26)(H,21,23,24). The smallest absolute Gasteiger partial charge is 0.319 e. The van der Waals surface area contributed by atoms with Crippen LogP contribution < -0.4 is 10.6 Å². The van der Waals surface area contributed by atoms with Crippen molar-refractivity contribution in [2.45, 2.75) is 40.2 Å². The van der Waals surface area contributed by atoms with Crippen molar-refractivity contribution in [3.8, 4) is 0 Å². The van der Waals surface area contributed by atoms with Crippen molar-refractivity contribution in [1.82, 2.24) is 25.7 Å². The molecule has 0 atom stereocenters. The maximum Gasteiger partial charge on any atom is 0.319 e. The van der Waals surface area contributed by atoms with Gasteiger partial charge in [-0.1, -0.05) is 31.1 Å².